The van der Waals surface area contributed by atoms with Crippen molar-refractivity contribution in [2.45, 2.75) is 13.0 Å². The van der Waals surface area contributed by atoms with E-state index in [1.807, 2.05) is 0 Å². The largest absolute Gasteiger partial charge is 0.494 e. The molecule has 0 radical (unpaired) electrons. The molecule has 1 aromatic rings. The quantitative estimate of drug-likeness (QED) is 0.782. The number of benzene rings is 1. The van der Waals surface area contributed by atoms with Crippen molar-refractivity contribution >= 4 is 11.9 Å². The third-order valence-electron chi connectivity index (χ3n) is 3.37. The highest BCUT2D eigenvalue weighted by molar-refractivity contribution is 5.86. The minimum absolute atomic E-state index is 0.109. The lowest BCUT2D eigenvalue weighted by Gasteiger charge is -2.17. The summed E-state index contributed by atoms with van der Waals surface area (Å²) in [5, 5.41) is 0. The van der Waals surface area contributed by atoms with Crippen molar-refractivity contribution in [3.8, 4) is 5.75 Å². The standard InChI is InChI=1S/C14H16FNO4/c1-19-11-5-3-4-9(13(11)15)7-16-8-10(6-12(16)17)14(18)20-2/h3-5,10H,6-8H2,1-2H3. The smallest absolute Gasteiger partial charge is 0.310 e. The summed E-state index contributed by atoms with van der Waals surface area (Å²) in [4.78, 5) is 24.7. The average Bonchev–Trinajstić information content (AvgIpc) is 2.81. The van der Waals surface area contributed by atoms with Gasteiger partial charge in [-0.05, 0) is 6.07 Å². The van der Waals surface area contributed by atoms with Crippen LogP contribution in [-0.4, -0.2) is 37.5 Å². The van der Waals surface area contributed by atoms with Crippen LogP contribution in [0, 0.1) is 11.7 Å². The van der Waals surface area contributed by atoms with Crippen molar-refractivity contribution < 1.29 is 23.5 Å². The van der Waals surface area contributed by atoms with Gasteiger partial charge in [-0.25, -0.2) is 4.39 Å². The van der Waals surface area contributed by atoms with Crippen LogP contribution in [0.2, 0.25) is 0 Å². The maximum absolute atomic E-state index is 14.0. The van der Waals surface area contributed by atoms with Crippen LogP contribution in [0.15, 0.2) is 18.2 Å². The van der Waals surface area contributed by atoms with Gasteiger partial charge in [-0.15, -0.1) is 0 Å². The van der Waals surface area contributed by atoms with E-state index < -0.39 is 17.7 Å². The Balaban J connectivity index is 2.11. The van der Waals surface area contributed by atoms with Crippen molar-refractivity contribution in [1.82, 2.24) is 4.90 Å². The first kappa shape index (κ1) is 14.3. The van der Waals surface area contributed by atoms with E-state index in [-0.39, 0.29) is 31.2 Å². The zero-order chi connectivity index (χ0) is 14.7. The molecule has 1 heterocycles. The average molecular weight is 281 g/mol. The van der Waals surface area contributed by atoms with Gasteiger partial charge in [0.2, 0.25) is 5.91 Å². The van der Waals surface area contributed by atoms with Gasteiger partial charge in [0.05, 0.1) is 20.1 Å². The maximum Gasteiger partial charge on any atom is 0.310 e. The zero-order valence-corrected chi connectivity index (χ0v) is 11.4. The van der Waals surface area contributed by atoms with Gasteiger partial charge in [-0.2, -0.15) is 0 Å². The molecular formula is C14H16FNO4. The monoisotopic (exact) mass is 281 g/mol. The summed E-state index contributed by atoms with van der Waals surface area (Å²) in [6.45, 7) is 0.373. The molecule has 5 nitrogen and oxygen atoms in total. The highest BCUT2D eigenvalue weighted by Gasteiger charge is 2.35. The lowest BCUT2D eigenvalue weighted by molar-refractivity contribution is -0.145. The molecular weight excluding hydrogens is 265 g/mol. The molecule has 1 aliphatic rings. The molecule has 2 rings (SSSR count). The van der Waals surface area contributed by atoms with Gasteiger partial charge in [0.25, 0.3) is 0 Å². The Bertz CT molecular complexity index is 532. The van der Waals surface area contributed by atoms with Crippen LogP contribution in [0.1, 0.15) is 12.0 Å². The van der Waals surface area contributed by atoms with Gasteiger partial charge in [-0.3, -0.25) is 9.59 Å². The normalized spacial score (nSPS) is 18.2. The third-order valence-corrected chi connectivity index (χ3v) is 3.37. The van der Waals surface area contributed by atoms with Crippen LogP contribution in [0.5, 0.6) is 5.75 Å². The number of rotatable bonds is 4. The molecule has 1 fully saturated rings. The first-order chi connectivity index (χ1) is 9.56. The van der Waals surface area contributed by atoms with Crippen LogP contribution < -0.4 is 4.74 Å². The Labute approximate surface area is 116 Å². The molecule has 1 saturated heterocycles. The van der Waals surface area contributed by atoms with Crippen molar-refractivity contribution in [2.24, 2.45) is 5.92 Å². The predicted octanol–water partition coefficient (Wildman–Crippen LogP) is 1.36. The molecule has 0 spiro atoms. The molecule has 0 aromatic heterocycles. The van der Waals surface area contributed by atoms with E-state index in [2.05, 4.69) is 4.74 Å². The highest BCUT2D eigenvalue weighted by Crippen LogP contribution is 2.25. The SMILES string of the molecule is COC(=O)C1CC(=O)N(Cc2cccc(OC)c2F)C1. The van der Waals surface area contributed by atoms with Crippen LogP contribution in [0.3, 0.4) is 0 Å². The van der Waals surface area contributed by atoms with E-state index in [0.29, 0.717) is 5.56 Å². The molecule has 0 saturated carbocycles. The van der Waals surface area contributed by atoms with Gasteiger partial charge in [0.1, 0.15) is 0 Å². The number of halogens is 1. The second-order valence-corrected chi connectivity index (χ2v) is 4.63. The van der Waals surface area contributed by atoms with Crippen LogP contribution in [0.25, 0.3) is 0 Å². The third kappa shape index (κ3) is 2.74. The zero-order valence-electron chi connectivity index (χ0n) is 11.4. The number of esters is 1. The van der Waals surface area contributed by atoms with Crippen LogP contribution in [-0.2, 0) is 20.9 Å². The lowest BCUT2D eigenvalue weighted by atomic mass is 10.1. The Morgan fingerprint density at radius 2 is 2.20 bits per heavy atom. The minimum Gasteiger partial charge on any atom is -0.494 e. The molecule has 20 heavy (non-hydrogen) atoms. The number of carbonyl (C=O) groups excluding carboxylic acids is 2. The summed E-state index contributed by atoms with van der Waals surface area (Å²) < 4.78 is 23.6. The fourth-order valence-electron chi connectivity index (χ4n) is 2.29. The molecule has 1 amide bonds. The van der Waals surface area contributed by atoms with Crippen molar-refractivity contribution in [3.63, 3.8) is 0 Å². The van der Waals surface area contributed by atoms with Crippen molar-refractivity contribution in [3.05, 3.63) is 29.6 Å². The lowest BCUT2D eigenvalue weighted by Crippen LogP contribution is -2.26. The Kier molecular flexibility index (Phi) is 4.22. The molecule has 108 valence electrons. The minimum atomic E-state index is -0.482. The van der Waals surface area contributed by atoms with E-state index in [1.54, 1.807) is 12.1 Å². The molecule has 1 aliphatic heterocycles. The van der Waals surface area contributed by atoms with Gasteiger partial charge in [-0.1, -0.05) is 12.1 Å². The first-order valence-corrected chi connectivity index (χ1v) is 6.23. The van der Waals surface area contributed by atoms with Gasteiger partial charge in [0, 0.05) is 25.1 Å². The number of ether oxygens (including phenoxy) is 2. The second kappa shape index (κ2) is 5.90. The van der Waals surface area contributed by atoms with E-state index in [4.69, 9.17) is 4.74 Å². The molecule has 1 atom stereocenters. The van der Waals surface area contributed by atoms with Gasteiger partial charge >= 0.3 is 5.97 Å². The number of hydrogen-bond donors (Lipinski definition) is 0. The van der Waals surface area contributed by atoms with E-state index >= 15 is 0 Å². The van der Waals surface area contributed by atoms with Crippen molar-refractivity contribution in [2.75, 3.05) is 20.8 Å². The predicted molar refractivity (Wildman–Crippen MR) is 68.5 cm³/mol. The topological polar surface area (TPSA) is 55.8 Å². The molecule has 0 bridgehead atoms. The fourth-order valence-corrected chi connectivity index (χ4v) is 2.29. The number of carbonyl (C=O) groups is 2. The Hall–Kier alpha value is -2.11. The first-order valence-electron chi connectivity index (χ1n) is 6.23. The summed E-state index contributed by atoms with van der Waals surface area (Å²) in [5.41, 5.74) is 0.364. The molecule has 0 N–H and O–H groups in total. The summed E-state index contributed by atoms with van der Waals surface area (Å²) in [6, 6.07) is 4.77. The van der Waals surface area contributed by atoms with E-state index in [0.717, 1.165) is 0 Å². The van der Waals surface area contributed by atoms with Gasteiger partial charge < -0.3 is 14.4 Å². The number of likely N-dealkylation sites (tertiary alicyclic amines) is 1. The van der Waals surface area contributed by atoms with Crippen LogP contribution >= 0.6 is 0 Å². The number of methoxy groups -OCH3 is 2. The number of hydrogen-bond acceptors (Lipinski definition) is 4. The Morgan fingerprint density at radius 1 is 1.45 bits per heavy atom. The molecule has 1 aromatic carbocycles. The maximum atomic E-state index is 14.0. The molecule has 0 aliphatic carbocycles. The second-order valence-electron chi connectivity index (χ2n) is 4.63. The van der Waals surface area contributed by atoms with E-state index in [1.165, 1.54) is 25.2 Å². The number of nitrogens with zero attached hydrogens (tertiary/aromatic N) is 1. The summed E-state index contributed by atoms with van der Waals surface area (Å²) in [6.07, 6.45) is 0.109. The van der Waals surface area contributed by atoms with Crippen molar-refractivity contribution in [1.29, 1.82) is 0 Å². The fraction of sp³-hybridized carbons (Fsp3) is 0.429. The number of amides is 1. The summed E-state index contributed by atoms with van der Waals surface area (Å²) in [5.74, 6) is -1.40. The Morgan fingerprint density at radius 3 is 2.85 bits per heavy atom. The highest BCUT2D eigenvalue weighted by atomic mass is 19.1. The molecule has 6 heteroatoms. The van der Waals surface area contributed by atoms with Crippen LogP contribution in [0.4, 0.5) is 4.39 Å². The van der Waals surface area contributed by atoms with Gasteiger partial charge in [0.15, 0.2) is 11.6 Å². The summed E-state index contributed by atoms with van der Waals surface area (Å²) in [7, 11) is 2.67. The summed E-state index contributed by atoms with van der Waals surface area (Å²) >= 11 is 0. The van der Waals surface area contributed by atoms with E-state index in [9.17, 15) is 14.0 Å². The molecule has 1 unspecified atom stereocenters.